The number of likely N-dealkylation sites (N-methyl/N-ethyl adjacent to an activating group) is 1. The molecular formula is C19H23NO2. The molecule has 1 N–H and O–H groups in total. The van der Waals surface area contributed by atoms with Crippen LogP contribution < -0.4 is 0 Å². The summed E-state index contributed by atoms with van der Waals surface area (Å²) in [6.45, 7) is 3.85. The molecular weight excluding hydrogens is 274 g/mol. The molecule has 0 amide bonds. The van der Waals surface area contributed by atoms with Crippen molar-refractivity contribution in [3.8, 4) is 5.75 Å². The van der Waals surface area contributed by atoms with Crippen LogP contribution in [0.25, 0.3) is 0 Å². The van der Waals surface area contributed by atoms with Crippen LogP contribution in [0.2, 0.25) is 0 Å². The van der Waals surface area contributed by atoms with Crippen molar-refractivity contribution in [3.05, 3.63) is 65.7 Å². The number of phenolic OH excluding ortho intramolecular Hbond substituents is 1. The fourth-order valence-electron chi connectivity index (χ4n) is 3.32. The fourth-order valence-corrected chi connectivity index (χ4v) is 3.32. The number of phenols is 1. The minimum atomic E-state index is -0.383. The van der Waals surface area contributed by atoms with Gasteiger partial charge in [-0.2, -0.15) is 0 Å². The number of hydrogen-bond donors (Lipinski definition) is 1. The number of morpholine rings is 1. The van der Waals surface area contributed by atoms with Gasteiger partial charge < -0.3 is 14.7 Å². The van der Waals surface area contributed by atoms with Gasteiger partial charge in [0.25, 0.3) is 0 Å². The number of nitrogens with zero attached hydrogens (tertiary/aromatic N) is 1. The van der Waals surface area contributed by atoms with Crippen LogP contribution in [0, 0.1) is 0 Å². The van der Waals surface area contributed by atoms with Gasteiger partial charge in [-0.3, -0.25) is 0 Å². The van der Waals surface area contributed by atoms with Crippen LogP contribution in [0.4, 0.5) is 0 Å². The van der Waals surface area contributed by atoms with Gasteiger partial charge in [0.15, 0.2) is 0 Å². The lowest BCUT2D eigenvalue weighted by Gasteiger charge is -2.45. The average molecular weight is 297 g/mol. The molecule has 0 spiro atoms. The zero-order chi connectivity index (χ0) is 15.6. The normalized spacial score (nSPS) is 26.0. The summed E-state index contributed by atoms with van der Waals surface area (Å²) in [5, 5.41) is 9.83. The first-order valence-electron chi connectivity index (χ1n) is 7.84. The minimum Gasteiger partial charge on any atom is -0.508 e. The Balaban J connectivity index is 1.97. The highest BCUT2D eigenvalue weighted by Crippen LogP contribution is 2.40. The Kier molecular flexibility index (Phi) is 4.19. The van der Waals surface area contributed by atoms with Gasteiger partial charge in [0.1, 0.15) is 11.4 Å². The summed E-state index contributed by atoms with van der Waals surface area (Å²) in [5.41, 5.74) is 1.86. The lowest BCUT2D eigenvalue weighted by atomic mass is 9.87. The van der Waals surface area contributed by atoms with Gasteiger partial charge in [-0.05, 0) is 36.7 Å². The predicted octanol–water partition coefficient (Wildman–Crippen LogP) is 3.70. The summed E-state index contributed by atoms with van der Waals surface area (Å²) >= 11 is 0. The monoisotopic (exact) mass is 297 g/mol. The number of aromatic hydroxyl groups is 1. The van der Waals surface area contributed by atoms with Crippen LogP contribution in [0.3, 0.4) is 0 Å². The summed E-state index contributed by atoms with van der Waals surface area (Å²) in [5.74, 6) is 0.290. The number of ether oxygens (including phenoxy) is 1. The van der Waals surface area contributed by atoms with Crippen LogP contribution in [-0.2, 0) is 10.3 Å². The predicted molar refractivity (Wildman–Crippen MR) is 87.8 cm³/mol. The quantitative estimate of drug-likeness (QED) is 0.937. The van der Waals surface area contributed by atoms with E-state index < -0.39 is 0 Å². The molecule has 22 heavy (non-hydrogen) atoms. The Morgan fingerprint density at radius 2 is 1.95 bits per heavy atom. The van der Waals surface area contributed by atoms with Gasteiger partial charge in [0.2, 0.25) is 0 Å². The molecule has 0 aromatic heterocycles. The van der Waals surface area contributed by atoms with Gasteiger partial charge in [0, 0.05) is 13.1 Å². The molecule has 2 aromatic carbocycles. The van der Waals surface area contributed by atoms with E-state index in [9.17, 15) is 5.11 Å². The second-order valence-electron chi connectivity index (χ2n) is 6.11. The standard InChI is InChI=1S/C19H23NO2/c1-3-19(16-10-7-11-17(21)12-16)14-20(2)13-18(22-19)15-8-5-4-6-9-15/h4-12,18,21H,3,13-14H2,1-2H3. The Bertz CT molecular complexity index is 628. The highest BCUT2D eigenvalue weighted by Gasteiger charge is 2.40. The first-order chi connectivity index (χ1) is 10.6. The fraction of sp³-hybridized carbons (Fsp3) is 0.368. The summed E-state index contributed by atoms with van der Waals surface area (Å²) < 4.78 is 6.57. The zero-order valence-corrected chi connectivity index (χ0v) is 13.2. The molecule has 1 aliphatic heterocycles. The molecule has 2 atom stereocenters. The van der Waals surface area contributed by atoms with E-state index in [4.69, 9.17) is 4.74 Å². The maximum absolute atomic E-state index is 9.83. The molecule has 1 saturated heterocycles. The second kappa shape index (κ2) is 6.11. The van der Waals surface area contributed by atoms with Crippen molar-refractivity contribution in [2.75, 3.05) is 20.1 Å². The maximum atomic E-state index is 9.83. The molecule has 0 saturated carbocycles. The molecule has 3 heteroatoms. The Morgan fingerprint density at radius 1 is 1.18 bits per heavy atom. The van der Waals surface area contributed by atoms with Crippen LogP contribution in [-0.4, -0.2) is 30.1 Å². The largest absolute Gasteiger partial charge is 0.508 e. The van der Waals surface area contributed by atoms with Crippen molar-refractivity contribution in [1.82, 2.24) is 4.90 Å². The third-order valence-corrected chi connectivity index (χ3v) is 4.49. The van der Waals surface area contributed by atoms with Gasteiger partial charge in [-0.25, -0.2) is 0 Å². The van der Waals surface area contributed by atoms with Gasteiger partial charge in [0.05, 0.1) is 6.10 Å². The molecule has 3 rings (SSSR count). The highest BCUT2D eigenvalue weighted by atomic mass is 16.5. The second-order valence-corrected chi connectivity index (χ2v) is 6.11. The first kappa shape index (κ1) is 15.1. The Morgan fingerprint density at radius 3 is 2.64 bits per heavy atom. The third-order valence-electron chi connectivity index (χ3n) is 4.49. The Hall–Kier alpha value is -1.84. The minimum absolute atomic E-state index is 0.0437. The van der Waals surface area contributed by atoms with Gasteiger partial charge >= 0.3 is 0 Å². The van der Waals surface area contributed by atoms with Crippen molar-refractivity contribution in [1.29, 1.82) is 0 Å². The van der Waals surface area contributed by atoms with Gasteiger partial charge in [-0.15, -0.1) is 0 Å². The lowest BCUT2D eigenvalue weighted by Crippen LogP contribution is -2.49. The van der Waals surface area contributed by atoms with E-state index in [1.165, 1.54) is 5.56 Å². The summed E-state index contributed by atoms with van der Waals surface area (Å²) in [6, 6.07) is 17.8. The third kappa shape index (κ3) is 2.87. The number of hydrogen-bond acceptors (Lipinski definition) is 3. The van der Waals surface area contributed by atoms with Crippen molar-refractivity contribution in [2.45, 2.75) is 25.0 Å². The van der Waals surface area contributed by atoms with Gasteiger partial charge in [-0.1, -0.05) is 49.4 Å². The first-order valence-corrected chi connectivity index (χ1v) is 7.84. The summed E-state index contributed by atoms with van der Waals surface area (Å²) in [7, 11) is 2.13. The molecule has 1 heterocycles. The van der Waals surface area contributed by atoms with Crippen LogP contribution >= 0.6 is 0 Å². The van der Waals surface area contributed by atoms with E-state index >= 15 is 0 Å². The van der Waals surface area contributed by atoms with Crippen molar-refractivity contribution < 1.29 is 9.84 Å². The molecule has 1 aliphatic rings. The molecule has 0 bridgehead atoms. The Labute approximate surface area is 132 Å². The van der Waals surface area contributed by atoms with Crippen LogP contribution in [0.1, 0.15) is 30.6 Å². The molecule has 1 fully saturated rings. The SMILES string of the molecule is CCC1(c2cccc(O)c2)CN(C)CC(c2ccccc2)O1. The van der Waals surface area contributed by atoms with E-state index in [-0.39, 0.29) is 11.7 Å². The maximum Gasteiger partial charge on any atom is 0.115 e. The molecule has 0 aliphatic carbocycles. The molecule has 2 unspecified atom stereocenters. The van der Waals surface area contributed by atoms with Crippen LogP contribution in [0.15, 0.2) is 54.6 Å². The molecule has 0 radical (unpaired) electrons. The van der Waals surface area contributed by atoms with Crippen LogP contribution in [0.5, 0.6) is 5.75 Å². The highest BCUT2D eigenvalue weighted by molar-refractivity contribution is 5.33. The smallest absolute Gasteiger partial charge is 0.115 e. The van der Waals surface area contributed by atoms with Crippen molar-refractivity contribution >= 4 is 0 Å². The van der Waals surface area contributed by atoms with E-state index in [2.05, 4.69) is 43.1 Å². The average Bonchev–Trinajstić information content (AvgIpc) is 2.55. The molecule has 116 valence electrons. The summed E-state index contributed by atoms with van der Waals surface area (Å²) in [6.07, 6.45) is 0.909. The van der Waals surface area contributed by atoms with E-state index in [0.717, 1.165) is 25.1 Å². The number of rotatable bonds is 3. The van der Waals surface area contributed by atoms with Crippen molar-refractivity contribution in [2.24, 2.45) is 0 Å². The zero-order valence-electron chi connectivity index (χ0n) is 13.2. The van der Waals surface area contributed by atoms with E-state index in [1.807, 2.05) is 24.3 Å². The molecule has 3 nitrogen and oxygen atoms in total. The molecule has 2 aromatic rings. The topological polar surface area (TPSA) is 32.7 Å². The van der Waals surface area contributed by atoms with E-state index in [0.29, 0.717) is 5.75 Å². The summed E-state index contributed by atoms with van der Waals surface area (Å²) in [4.78, 5) is 2.31. The van der Waals surface area contributed by atoms with Crippen molar-refractivity contribution in [3.63, 3.8) is 0 Å². The van der Waals surface area contributed by atoms with E-state index in [1.54, 1.807) is 6.07 Å². The lowest BCUT2D eigenvalue weighted by molar-refractivity contribution is -0.160. The number of benzene rings is 2.